The monoisotopic (exact) mass is 481 g/mol. The molecule has 5 rings (SSSR count). The number of carbonyl (C=O) groups excluding carboxylic acids is 2. The number of para-hydroxylation sites is 2. The number of hydrazone groups is 1. The first kappa shape index (κ1) is 21.4. The van der Waals surface area contributed by atoms with Gasteiger partial charge in [-0.3, -0.25) is 14.2 Å². The number of amides is 1. The van der Waals surface area contributed by atoms with Crippen LogP contribution < -0.4 is 5.76 Å². The predicted octanol–water partition coefficient (Wildman–Crippen LogP) is 4.03. The minimum absolute atomic E-state index is 0.0607. The Kier molecular flexibility index (Phi) is 5.93. The molecule has 8 nitrogen and oxygen atoms in total. The lowest BCUT2D eigenvalue weighted by Gasteiger charge is -2.20. The van der Waals surface area contributed by atoms with Gasteiger partial charge >= 0.3 is 11.7 Å². The second-order valence-corrected chi connectivity index (χ2v) is 9.32. The fourth-order valence-electron chi connectivity index (χ4n) is 3.74. The average molecular weight is 482 g/mol. The minimum Gasteiger partial charge on any atom is -0.455 e. The molecule has 0 saturated heterocycles. The molecule has 1 atom stereocenters. The molecule has 0 saturated carbocycles. The van der Waals surface area contributed by atoms with Gasteiger partial charge in [-0.1, -0.05) is 24.3 Å². The summed E-state index contributed by atoms with van der Waals surface area (Å²) in [6.45, 7) is -0.311. The number of rotatable bonds is 7. The Morgan fingerprint density at radius 3 is 2.70 bits per heavy atom. The molecule has 1 aromatic carbocycles. The summed E-state index contributed by atoms with van der Waals surface area (Å²) < 4.78 is 11.8. The van der Waals surface area contributed by atoms with E-state index in [0.29, 0.717) is 17.5 Å². The number of benzene rings is 1. The zero-order valence-corrected chi connectivity index (χ0v) is 19.0. The minimum atomic E-state index is -0.574. The highest BCUT2D eigenvalue weighted by Crippen LogP contribution is 2.35. The third kappa shape index (κ3) is 4.39. The number of hydrogen-bond acceptors (Lipinski definition) is 8. The van der Waals surface area contributed by atoms with Crippen LogP contribution in [-0.4, -0.2) is 33.8 Å². The van der Waals surface area contributed by atoms with E-state index < -0.39 is 18.3 Å². The molecule has 0 fully saturated rings. The molecular weight excluding hydrogens is 462 g/mol. The highest BCUT2D eigenvalue weighted by atomic mass is 32.1. The van der Waals surface area contributed by atoms with Gasteiger partial charge in [0.25, 0.3) is 5.91 Å². The van der Waals surface area contributed by atoms with Gasteiger partial charge in [0.05, 0.1) is 28.6 Å². The van der Waals surface area contributed by atoms with E-state index in [-0.39, 0.29) is 24.9 Å². The summed E-state index contributed by atoms with van der Waals surface area (Å²) in [5, 5.41) is 9.90. The SMILES string of the molecule is O=C(CCn1c(=O)oc2ccccc21)OCC(=O)N1N=C(c2cccs2)CC1c1cccs1. The Hall–Kier alpha value is -3.50. The van der Waals surface area contributed by atoms with Crippen LogP contribution in [0.3, 0.4) is 0 Å². The second kappa shape index (κ2) is 9.16. The predicted molar refractivity (Wildman–Crippen MR) is 125 cm³/mol. The number of ether oxygens (including phenoxy) is 1. The number of nitrogens with zero attached hydrogens (tertiary/aromatic N) is 3. The Morgan fingerprint density at radius 2 is 1.91 bits per heavy atom. The Bertz CT molecular complexity index is 1370. The van der Waals surface area contributed by atoms with Gasteiger partial charge in [-0.2, -0.15) is 5.10 Å². The summed E-state index contributed by atoms with van der Waals surface area (Å²) in [5.74, 6) is -1.50. The van der Waals surface area contributed by atoms with Gasteiger partial charge in [0.2, 0.25) is 0 Å². The van der Waals surface area contributed by atoms with E-state index in [4.69, 9.17) is 9.15 Å². The van der Waals surface area contributed by atoms with Crippen molar-refractivity contribution in [2.75, 3.05) is 6.61 Å². The molecule has 3 aromatic heterocycles. The van der Waals surface area contributed by atoms with Gasteiger partial charge in [-0.25, -0.2) is 9.80 Å². The standard InChI is InChI=1S/C23H19N3O5S2/c27-21(14-30-22(28)9-10-25-16-5-1-2-6-18(16)31-23(25)29)26-17(20-8-4-12-33-20)13-15(24-26)19-7-3-11-32-19/h1-8,11-12,17H,9-10,13-14H2. The van der Waals surface area contributed by atoms with Crippen molar-refractivity contribution in [3.05, 3.63) is 79.6 Å². The third-order valence-corrected chi connectivity index (χ3v) is 7.21. The third-order valence-electron chi connectivity index (χ3n) is 5.31. The van der Waals surface area contributed by atoms with Crippen LogP contribution in [0.2, 0.25) is 0 Å². The van der Waals surface area contributed by atoms with E-state index in [0.717, 1.165) is 15.5 Å². The molecule has 0 N–H and O–H groups in total. The number of carbonyl (C=O) groups is 2. The number of esters is 1. The van der Waals surface area contributed by atoms with Crippen molar-refractivity contribution < 1.29 is 18.7 Å². The molecule has 0 spiro atoms. The molecule has 0 aliphatic carbocycles. The molecule has 0 bridgehead atoms. The van der Waals surface area contributed by atoms with Crippen molar-refractivity contribution in [3.63, 3.8) is 0 Å². The fraction of sp³-hybridized carbons (Fsp3) is 0.217. The van der Waals surface area contributed by atoms with Crippen LogP contribution in [0.25, 0.3) is 11.1 Å². The molecule has 1 aliphatic rings. The van der Waals surface area contributed by atoms with Crippen molar-refractivity contribution in [1.82, 2.24) is 9.58 Å². The van der Waals surface area contributed by atoms with E-state index in [1.807, 2.05) is 35.0 Å². The molecular formula is C23H19N3O5S2. The van der Waals surface area contributed by atoms with Crippen LogP contribution in [0.4, 0.5) is 0 Å². The largest absolute Gasteiger partial charge is 0.455 e. The lowest BCUT2D eigenvalue weighted by molar-refractivity contribution is -0.153. The van der Waals surface area contributed by atoms with E-state index in [2.05, 4.69) is 5.10 Å². The summed E-state index contributed by atoms with van der Waals surface area (Å²) in [6, 6.07) is 14.6. The highest BCUT2D eigenvalue weighted by molar-refractivity contribution is 7.12. The maximum Gasteiger partial charge on any atom is 0.419 e. The number of fused-ring (bicyclic) bond motifs is 1. The van der Waals surface area contributed by atoms with E-state index in [9.17, 15) is 14.4 Å². The van der Waals surface area contributed by atoms with Crippen LogP contribution in [0.15, 0.2) is 73.6 Å². The fourth-order valence-corrected chi connectivity index (χ4v) is 5.28. The van der Waals surface area contributed by atoms with Crippen molar-refractivity contribution in [2.45, 2.75) is 25.4 Å². The molecule has 1 aliphatic heterocycles. The lowest BCUT2D eigenvalue weighted by Crippen LogP contribution is -2.31. The molecule has 168 valence electrons. The Balaban J connectivity index is 1.23. The molecule has 0 radical (unpaired) electrons. The van der Waals surface area contributed by atoms with Crippen LogP contribution in [-0.2, 0) is 20.9 Å². The molecule has 4 aromatic rings. The van der Waals surface area contributed by atoms with Crippen molar-refractivity contribution in [2.24, 2.45) is 5.10 Å². The second-order valence-electron chi connectivity index (χ2n) is 7.40. The summed E-state index contributed by atoms with van der Waals surface area (Å²) in [5.41, 5.74) is 1.91. The maximum atomic E-state index is 12.9. The number of aromatic nitrogens is 1. The first-order chi connectivity index (χ1) is 16.1. The summed E-state index contributed by atoms with van der Waals surface area (Å²) in [7, 11) is 0. The number of aryl methyl sites for hydroxylation is 1. The van der Waals surface area contributed by atoms with E-state index in [1.165, 1.54) is 9.58 Å². The van der Waals surface area contributed by atoms with Gasteiger partial charge in [0, 0.05) is 17.8 Å². The summed E-state index contributed by atoms with van der Waals surface area (Å²) in [4.78, 5) is 39.3. The van der Waals surface area contributed by atoms with Gasteiger partial charge in [-0.15, -0.1) is 22.7 Å². The van der Waals surface area contributed by atoms with E-state index in [1.54, 1.807) is 46.9 Å². The quantitative estimate of drug-likeness (QED) is 0.372. The molecule has 4 heterocycles. The smallest absolute Gasteiger partial charge is 0.419 e. The van der Waals surface area contributed by atoms with Gasteiger partial charge in [0.1, 0.15) is 0 Å². The normalized spacial score (nSPS) is 15.7. The van der Waals surface area contributed by atoms with Crippen LogP contribution in [0, 0.1) is 0 Å². The molecule has 1 unspecified atom stereocenters. The number of thiophene rings is 2. The molecule has 1 amide bonds. The first-order valence-corrected chi connectivity index (χ1v) is 12.1. The van der Waals surface area contributed by atoms with Crippen molar-refractivity contribution >= 4 is 51.4 Å². The molecule has 33 heavy (non-hydrogen) atoms. The number of hydrogen-bond donors (Lipinski definition) is 0. The number of oxazole rings is 1. The highest BCUT2D eigenvalue weighted by Gasteiger charge is 2.34. The van der Waals surface area contributed by atoms with Crippen LogP contribution in [0.1, 0.15) is 28.6 Å². The Morgan fingerprint density at radius 1 is 1.09 bits per heavy atom. The zero-order valence-electron chi connectivity index (χ0n) is 17.4. The van der Waals surface area contributed by atoms with E-state index >= 15 is 0 Å². The zero-order chi connectivity index (χ0) is 22.8. The lowest BCUT2D eigenvalue weighted by atomic mass is 10.1. The maximum absolute atomic E-state index is 12.9. The average Bonchev–Trinajstić information content (AvgIpc) is 3.61. The van der Waals surface area contributed by atoms with Gasteiger partial charge < -0.3 is 9.15 Å². The first-order valence-electron chi connectivity index (χ1n) is 10.3. The molecule has 10 heteroatoms. The van der Waals surface area contributed by atoms with Crippen molar-refractivity contribution in [3.8, 4) is 0 Å². The van der Waals surface area contributed by atoms with Gasteiger partial charge in [-0.05, 0) is 35.0 Å². The summed E-state index contributed by atoms with van der Waals surface area (Å²) in [6.07, 6.45) is 0.548. The Labute approximate surface area is 196 Å². The van der Waals surface area contributed by atoms with Gasteiger partial charge in [0.15, 0.2) is 12.2 Å². The topological polar surface area (TPSA) is 94.1 Å². The van der Waals surface area contributed by atoms with Crippen molar-refractivity contribution in [1.29, 1.82) is 0 Å². The van der Waals surface area contributed by atoms with Crippen LogP contribution in [0.5, 0.6) is 0 Å². The summed E-state index contributed by atoms with van der Waals surface area (Å²) >= 11 is 3.13. The van der Waals surface area contributed by atoms with Crippen LogP contribution >= 0.6 is 22.7 Å².